The maximum atomic E-state index is 14.6. The van der Waals surface area contributed by atoms with Gasteiger partial charge in [0, 0.05) is 101 Å². The van der Waals surface area contributed by atoms with E-state index in [0.29, 0.717) is 49.9 Å². The fourth-order valence-corrected chi connectivity index (χ4v) is 8.70. The van der Waals surface area contributed by atoms with E-state index in [-0.39, 0.29) is 28.7 Å². The van der Waals surface area contributed by atoms with Gasteiger partial charge in [0.1, 0.15) is 11.6 Å². The number of hydrogen-bond donors (Lipinski definition) is 1. The molecule has 4 fully saturated rings. The Kier molecular flexibility index (Phi) is 14.8. The largest absolute Gasteiger partial charge is 0.381 e. The summed E-state index contributed by atoms with van der Waals surface area (Å²) < 4.78 is 39.4. The number of rotatable bonds is 6. The van der Waals surface area contributed by atoms with Crippen LogP contribution in [0, 0.1) is 11.6 Å². The molecule has 284 valence electrons. The van der Waals surface area contributed by atoms with Gasteiger partial charge in [-0.25, -0.2) is 13.8 Å². The lowest BCUT2D eigenvalue weighted by atomic mass is 9.71. The van der Waals surface area contributed by atoms with Crippen LogP contribution in [0.5, 0.6) is 0 Å². The van der Waals surface area contributed by atoms with Crippen LogP contribution in [0.2, 0.25) is 0 Å². The molecule has 5 heterocycles. The summed E-state index contributed by atoms with van der Waals surface area (Å²) in [6.45, 7) is 10.4. The molecule has 0 atom stereocenters. The van der Waals surface area contributed by atoms with Gasteiger partial charge in [-0.15, -0.1) is 22.9 Å². The zero-order chi connectivity index (χ0) is 37.1. The summed E-state index contributed by atoms with van der Waals surface area (Å²) in [7, 11) is 4.26. The third kappa shape index (κ3) is 9.65. The molecular formula is C38H51ClF2N6O3S2. The van der Waals surface area contributed by atoms with Crippen LogP contribution in [-0.2, 0) is 25.1 Å². The monoisotopic (exact) mass is 776 g/mol. The fraction of sp³-hybridized carbons (Fsp3) is 0.553. The summed E-state index contributed by atoms with van der Waals surface area (Å²) in [4.78, 5) is 26.1. The number of nitrogens with zero attached hydrogens (tertiary/aromatic N) is 5. The summed E-state index contributed by atoms with van der Waals surface area (Å²) in [6, 6.07) is 13.6. The minimum Gasteiger partial charge on any atom is -0.381 e. The van der Waals surface area contributed by atoms with Crippen molar-refractivity contribution in [1.29, 1.82) is 0 Å². The molecule has 0 amide bonds. The molecule has 0 radical (unpaired) electrons. The smallest absolute Gasteiger partial charge is 0.185 e. The quantitative estimate of drug-likeness (QED) is 0.264. The number of ketones is 1. The fourth-order valence-electron chi connectivity index (χ4n) is 7.28. The molecule has 7 rings (SSSR count). The number of halogens is 3. The van der Waals surface area contributed by atoms with Gasteiger partial charge in [0.05, 0.1) is 17.0 Å². The third-order valence-corrected chi connectivity index (χ3v) is 12.1. The number of carbonyl (C=O) groups is 1. The Labute approximate surface area is 321 Å². The molecule has 4 aliphatic heterocycles. The van der Waals surface area contributed by atoms with Crippen LogP contribution in [0.1, 0.15) is 42.5 Å². The highest BCUT2D eigenvalue weighted by Crippen LogP contribution is 2.43. The molecule has 52 heavy (non-hydrogen) atoms. The van der Waals surface area contributed by atoms with Crippen molar-refractivity contribution in [2.24, 2.45) is 5.73 Å². The second kappa shape index (κ2) is 19.0. The summed E-state index contributed by atoms with van der Waals surface area (Å²) in [5.74, 6) is -0.687. The van der Waals surface area contributed by atoms with Crippen molar-refractivity contribution in [2.45, 2.75) is 36.5 Å². The Hall–Kier alpha value is -2.78. The molecular weight excluding hydrogens is 726 g/mol. The van der Waals surface area contributed by atoms with Crippen LogP contribution < -0.4 is 10.6 Å². The van der Waals surface area contributed by atoms with E-state index in [0.717, 1.165) is 81.6 Å². The number of hydrogen-bond acceptors (Lipinski definition) is 9. The van der Waals surface area contributed by atoms with Gasteiger partial charge in [0.15, 0.2) is 16.0 Å². The predicted molar refractivity (Wildman–Crippen MR) is 209 cm³/mol. The number of likely N-dealkylation sites (N-methyl/N-ethyl adjacent to an activating group) is 2. The number of benzene rings is 2. The molecule has 4 aliphatic rings. The van der Waals surface area contributed by atoms with Crippen LogP contribution >= 0.6 is 35.2 Å². The number of alkyl halides is 1. The highest BCUT2D eigenvalue weighted by atomic mass is 35.5. The highest BCUT2D eigenvalue weighted by Gasteiger charge is 2.43. The molecule has 2 aromatic carbocycles. The van der Waals surface area contributed by atoms with Gasteiger partial charge >= 0.3 is 0 Å². The molecule has 0 saturated carbocycles. The standard InChI is InChI=1S/C19H24FN3OS.C13H14ClFO2.C6H13N3S/c1-22-8-10-23(11-9-22)18-21-17(14-25-18)19(6-12-24-13-7-19)15-4-2-3-5-16(15)20;14-9-12(16)13(5-7-17-8-6-13)10-3-1-2-4-11(10)15;1-8-2-4-9(5-3-8)6(7)10/h2-5,14H,6-13H2,1H3;1-4H,5-9H2;2-5H2,1H3,(H2,7,10). The lowest BCUT2D eigenvalue weighted by molar-refractivity contribution is -0.125. The Morgan fingerprint density at radius 2 is 1.33 bits per heavy atom. The van der Waals surface area contributed by atoms with Gasteiger partial charge in [-0.05, 0) is 64.1 Å². The number of thiocarbonyl (C=S) groups is 1. The van der Waals surface area contributed by atoms with E-state index in [1.165, 1.54) is 6.07 Å². The Morgan fingerprint density at radius 3 is 1.85 bits per heavy atom. The molecule has 9 nitrogen and oxygen atoms in total. The molecule has 4 saturated heterocycles. The summed E-state index contributed by atoms with van der Waals surface area (Å²) in [5.41, 5.74) is 6.49. The second-order valence-electron chi connectivity index (χ2n) is 13.8. The first kappa shape index (κ1) is 40.4. The van der Waals surface area contributed by atoms with Crippen molar-refractivity contribution in [3.05, 3.63) is 82.4 Å². The topological polar surface area (TPSA) is 87.4 Å². The first-order valence-corrected chi connectivity index (χ1v) is 19.8. The molecule has 0 bridgehead atoms. The zero-order valence-electron chi connectivity index (χ0n) is 30.2. The number of carbonyl (C=O) groups excluding carboxylic acids is 1. The maximum absolute atomic E-state index is 14.6. The Balaban J connectivity index is 0.000000167. The minimum absolute atomic E-state index is 0.0890. The number of ether oxygens (including phenoxy) is 2. The lowest BCUT2D eigenvalue weighted by Gasteiger charge is -2.37. The molecule has 0 spiro atoms. The summed E-state index contributed by atoms with van der Waals surface area (Å²) in [5, 5.41) is 3.73. The Morgan fingerprint density at radius 1 is 0.827 bits per heavy atom. The van der Waals surface area contributed by atoms with Gasteiger partial charge < -0.3 is 34.8 Å². The van der Waals surface area contributed by atoms with Crippen LogP contribution in [0.25, 0.3) is 0 Å². The molecule has 0 unspecified atom stereocenters. The first-order valence-electron chi connectivity index (χ1n) is 18.0. The number of Topliss-reactive ketones (excluding diaryl/α,β-unsaturated/α-hetero) is 1. The van der Waals surface area contributed by atoms with E-state index in [2.05, 4.69) is 34.2 Å². The molecule has 3 aromatic rings. The second-order valence-corrected chi connectivity index (χ2v) is 15.4. The highest BCUT2D eigenvalue weighted by molar-refractivity contribution is 7.80. The number of thiazole rings is 1. The van der Waals surface area contributed by atoms with Crippen molar-refractivity contribution in [3.8, 4) is 0 Å². The SMILES string of the molecule is CN1CCN(C(N)=S)CC1.CN1CCN(c2nc(C3(c4ccccc4F)CCOCC3)cs2)CC1.O=C(CCl)C1(c2ccccc2F)CCOCC1. The number of piperazine rings is 2. The number of nitrogens with two attached hydrogens (primary N) is 1. The van der Waals surface area contributed by atoms with Crippen LogP contribution in [0.4, 0.5) is 13.9 Å². The van der Waals surface area contributed by atoms with Crippen LogP contribution in [0.3, 0.4) is 0 Å². The van der Waals surface area contributed by atoms with Gasteiger partial charge in [-0.3, -0.25) is 4.79 Å². The van der Waals surface area contributed by atoms with E-state index in [1.807, 2.05) is 17.0 Å². The average molecular weight is 777 g/mol. The van der Waals surface area contributed by atoms with Crippen LogP contribution in [-0.4, -0.2) is 129 Å². The lowest BCUT2D eigenvalue weighted by Crippen LogP contribution is -2.48. The van der Waals surface area contributed by atoms with Crippen molar-refractivity contribution < 1.29 is 23.0 Å². The number of anilines is 1. The Bertz CT molecular complexity index is 1600. The number of aromatic nitrogens is 1. The van der Waals surface area contributed by atoms with Crippen LogP contribution in [0.15, 0.2) is 53.9 Å². The summed E-state index contributed by atoms with van der Waals surface area (Å²) in [6.07, 6.45) is 2.55. The first-order chi connectivity index (χ1) is 25.1. The van der Waals surface area contributed by atoms with E-state index >= 15 is 0 Å². The summed E-state index contributed by atoms with van der Waals surface area (Å²) >= 11 is 12.2. The van der Waals surface area contributed by atoms with Gasteiger partial charge in [0.25, 0.3) is 0 Å². The van der Waals surface area contributed by atoms with Crippen molar-refractivity contribution in [3.63, 3.8) is 0 Å². The minimum atomic E-state index is -0.800. The van der Waals surface area contributed by atoms with E-state index in [9.17, 15) is 13.6 Å². The van der Waals surface area contributed by atoms with E-state index < -0.39 is 5.41 Å². The zero-order valence-corrected chi connectivity index (χ0v) is 32.6. The van der Waals surface area contributed by atoms with Crippen molar-refractivity contribution in [2.75, 3.05) is 104 Å². The average Bonchev–Trinajstić information content (AvgIpc) is 3.68. The maximum Gasteiger partial charge on any atom is 0.185 e. The predicted octanol–water partition coefficient (Wildman–Crippen LogP) is 5.29. The molecule has 2 N–H and O–H groups in total. The van der Waals surface area contributed by atoms with Crippen molar-refractivity contribution >= 4 is 51.2 Å². The normalized spacial score (nSPS) is 20.6. The van der Waals surface area contributed by atoms with E-state index in [1.54, 1.807) is 41.7 Å². The third-order valence-electron chi connectivity index (χ3n) is 10.7. The van der Waals surface area contributed by atoms with E-state index in [4.69, 9.17) is 44.0 Å². The molecule has 1 aromatic heterocycles. The van der Waals surface area contributed by atoms with Gasteiger partial charge in [0.2, 0.25) is 0 Å². The van der Waals surface area contributed by atoms with Gasteiger partial charge in [-0.1, -0.05) is 36.4 Å². The molecule has 14 heteroatoms. The van der Waals surface area contributed by atoms with Gasteiger partial charge in [-0.2, -0.15) is 0 Å². The van der Waals surface area contributed by atoms with Crippen molar-refractivity contribution in [1.82, 2.24) is 19.7 Å². The molecule has 0 aliphatic carbocycles.